The monoisotopic (exact) mass is 583 g/mol. The standard InChI is InChI=1S/C18H15P.C12H7BrN2.Cu/c1-4-10-16(11-5-1)19(17-12-6-2-7-13-17)18-14-8-3-9-15-18;13-10-6-5-9-4-3-8-2-1-7-14-11(8)12(9)15-10;/h1-15H;1-7H;. The number of rotatable bonds is 3. The minimum Gasteiger partial charge on any atom is -0.254 e. The first-order chi connectivity index (χ1) is 16.8. The van der Waals surface area contributed by atoms with E-state index in [0.29, 0.717) is 0 Å². The summed E-state index contributed by atoms with van der Waals surface area (Å²) in [6, 6.07) is 44.4. The van der Waals surface area contributed by atoms with E-state index in [0.717, 1.165) is 26.4 Å². The fraction of sp³-hybridized carbons (Fsp3) is 0. The van der Waals surface area contributed by atoms with E-state index in [1.807, 2.05) is 24.3 Å². The second-order valence-electron chi connectivity index (χ2n) is 7.69. The van der Waals surface area contributed by atoms with Gasteiger partial charge in [0.25, 0.3) is 0 Å². The molecule has 0 unspecified atom stereocenters. The summed E-state index contributed by atoms with van der Waals surface area (Å²) in [6.45, 7) is 0. The Balaban J connectivity index is 0.000000164. The van der Waals surface area contributed by atoms with Crippen molar-refractivity contribution < 1.29 is 17.1 Å². The molecule has 0 aliphatic rings. The van der Waals surface area contributed by atoms with Crippen LogP contribution in [0.5, 0.6) is 0 Å². The van der Waals surface area contributed by atoms with Crippen molar-refractivity contribution in [1.82, 2.24) is 9.97 Å². The van der Waals surface area contributed by atoms with E-state index in [1.54, 1.807) is 6.20 Å². The number of pyridine rings is 2. The second kappa shape index (κ2) is 12.2. The molecule has 0 saturated carbocycles. The van der Waals surface area contributed by atoms with Gasteiger partial charge in [-0.2, -0.15) is 0 Å². The Kier molecular flexibility index (Phi) is 8.79. The first-order valence-electron chi connectivity index (χ1n) is 11.0. The Morgan fingerprint density at radius 1 is 0.486 bits per heavy atom. The van der Waals surface area contributed by atoms with E-state index in [-0.39, 0.29) is 17.1 Å². The van der Waals surface area contributed by atoms with Crippen molar-refractivity contribution in [1.29, 1.82) is 0 Å². The van der Waals surface area contributed by atoms with Gasteiger partial charge in [0, 0.05) is 34.0 Å². The van der Waals surface area contributed by atoms with E-state index >= 15 is 0 Å². The average molecular weight is 585 g/mol. The van der Waals surface area contributed by atoms with Gasteiger partial charge in [-0.15, -0.1) is 0 Å². The number of halogens is 1. The normalized spacial score (nSPS) is 10.5. The van der Waals surface area contributed by atoms with Crippen LogP contribution in [0.25, 0.3) is 21.8 Å². The van der Waals surface area contributed by atoms with Crippen molar-refractivity contribution in [3.05, 3.63) is 138 Å². The van der Waals surface area contributed by atoms with Gasteiger partial charge in [0.2, 0.25) is 0 Å². The van der Waals surface area contributed by atoms with Gasteiger partial charge < -0.3 is 0 Å². The quantitative estimate of drug-likeness (QED) is 0.0970. The summed E-state index contributed by atoms with van der Waals surface area (Å²) in [5, 5.41) is 6.43. The zero-order valence-electron chi connectivity index (χ0n) is 18.7. The molecule has 0 bridgehead atoms. The van der Waals surface area contributed by atoms with Crippen LogP contribution in [0.15, 0.2) is 138 Å². The molecule has 6 rings (SSSR count). The summed E-state index contributed by atoms with van der Waals surface area (Å²) < 4.78 is 0.841. The van der Waals surface area contributed by atoms with Crippen LogP contribution in [0.4, 0.5) is 0 Å². The molecular formula is C30H22BrCuN2P. The predicted molar refractivity (Wildman–Crippen MR) is 150 cm³/mol. The average Bonchev–Trinajstić information content (AvgIpc) is 2.91. The van der Waals surface area contributed by atoms with E-state index in [9.17, 15) is 0 Å². The Bertz CT molecular complexity index is 1420. The fourth-order valence-electron chi connectivity index (χ4n) is 3.88. The van der Waals surface area contributed by atoms with Crippen LogP contribution in [-0.2, 0) is 17.1 Å². The zero-order valence-corrected chi connectivity index (χ0v) is 22.1. The maximum absolute atomic E-state index is 4.46. The molecule has 0 saturated heterocycles. The van der Waals surface area contributed by atoms with E-state index < -0.39 is 7.92 Å². The van der Waals surface area contributed by atoms with Gasteiger partial charge in [-0.25, -0.2) is 4.98 Å². The van der Waals surface area contributed by atoms with Crippen LogP contribution in [0.3, 0.4) is 0 Å². The molecule has 2 nitrogen and oxygen atoms in total. The summed E-state index contributed by atoms with van der Waals surface area (Å²) in [5.74, 6) is 0. The van der Waals surface area contributed by atoms with Crippen molar-refractivity contribution in [2.24, 2.45) is 0 Å². The summed E-state index contributed by atoms with van der Waals surface area (Å²) in [4.78, 5) is 8.83. The molecular weight excluding hydrogens is 563 g/mol. The van der Waals surface area contributed by atoms with Gasteiger partial charge in [-0.1, -0.05) is 115 Å². The van der Waals surface area contributed by atoms with E-state index in [4.69, 9.17) is 0 Å². The first-order valence-corrected chi connectivity index (χ1v) is 13.2. The molecule has 0 fully saturated rings. The smallest absolute Gasteiger partial charge is 0.106 e. The maximum Gasteiger partial charge on any atom is 0.106 e. The number of benzene rings is 4. The molecule has 0 amide bonds. The van der Waals surface area contributed by atoms with Crippen molar-refractivity contribution in [3.63, 3.8) is 0 Å². The Hall–Kier alpha value is -2.87. The van der Waals surface area contributed by atoms with E-state index in [2.05, 4.69) is 129 Å². The number of aromatic nitrogens is 2. The minimum absolute atomic E-state index is 0. The molecule has 2 aromatic heterocycles. The van der Waals surface area contributed by atoms with Crippen LogP contribution in [0.1, 0.15) is 0 Å². The largest absolute Gasteiger partial charge is 0.254 e. The molecule has 1 radical (unpaired) electrons. The number of fused-ring (bicyclic) bond motifs is 3. The van der Waals surface area contributed by atoms with Crippen LogP contribution in [0.2, 0.25) is 0 Å². The van der Waals surface area contributed by atoms with Crippen molar-refractivity contribution in [2.75, 3.05) is 0 Å². The zero-order chi connectivity index (χ0) is 23.2. The van der Waals surface area contributed by atoms with Crippen LogP contribution in [-0.4, -0.2) is 9.97 Å². The minimum atomic E-state index is -0.446. The molecule has 5 heteroatoms. The molecule has 0 spiro atoms. The molecule has 6 aromatic rings. The van der Waals surface area contributed by atoms with Gasteiger partial charge in [0.1, 0.15) is 4.60 Å². The van der Waals surface area contributed by atoms with Crippen molar-refractivity contribution in [2.45, 2.75) is 0 Å². The Labute approximate surface area is 225 Å². The van der Waals surface area contributed by atoms with Crippen LogP contribution < -0.4 is 15.9 Å². The van der Waals surface area contributed by atoms with Gasteiger partial charge in [-0.05, 0) is 51.9 Å². The molecule has 175 valence electrons. The second-order valence-corrected chi connectivity index (χ2v) is 10.7. The topological polar surface area (TPSA) is 25.8 Å². The number of hydrogen-bond donors (Lipinski definition) is 0. The first kappa shape index (κ1) is 25.2. The summed E-state index contributed by atoms with van der Waals surface area (Å²) in [6.07, 6.45) is 1.80. The Morgan fingerprint density at radius 2 is 0.943 bits per heavy atom. The van der Waals surface area contributed by atoms with Crippen molar-refractivity contribution >= 4 is 61.6 Å². The third kappa shape index (κ3) is 6.04. The molecule has 0 aliphatic heterocycles. The molecule has 4 aromatic carbocycles. The predicted octanol–water partition coefficient (Wildman–Crippen LogP) is 6.99. The number of hydrogen-bond acceptors (Lipinski definition) is 2. The summed E-state index contributed by atoms with van der Waals surface area (Å²) in [5.41, 5.74) is 1.90. The third-order valence-corrected chi connectivity index (χ3v) is 8.33. The van der Waals surface area contributed by atoms with Crippen molar-refractivity contribution in [3.8, 4) is 0 Å². The molecule has 2 heterocycles. The van der Waals surface area contributed by atoms with Crippen LogP contribution >= 0.6 is 23.9 Å². The number of nitrogens with zero attached hydrogens (tertiary/aromatic N) is 2. The summed E-state index contributed by atoms with van der Waals surface area (Å²) in [7, 11) is -0.446. The molecule has 0 atom stereocenters. The Morgan fingerprint density at radius 3 is 1.46 bits per heavy atom. The van der Waals surface area contributed by atoms with Gasteiger partial charge in [-0.3, -0.25) is 4.98 Å². The third-order valence-electron chi connectivity index (χ3n) is 5.44. The van der Waals surface area contributed by atoms with Crippen LogP contribution in [0, 0.1) is 0 Å². The summed E-state index contributed by atoms with van der Waals surface area (Å²) >= 11 is 3.38. The van der Waals surface area contributed by atoms with Gasteiger partial charge in [0.05, 0.1) is 11.0 Å². The van der Waals surface area contributed by atoms with Gasteiger partial charge >= 0.3 is 0 Å². The van der Waals surface area contributed by atoms with E-state index in [1.165, 1.54) is 15.9 Å². The van der Waals surface area contributed by atoms with Gasteiger partial charge in [0.15, 0.2) is 0 Å². The fourth-order valence-corrected chi connectivity index (χ4v) is 6.49. The molecule has 0 N–H and O–H groups in total. The SMILES string of the molecule is Brc1ccc2ccc3cccnc3c2n1.[Cu].c1ccc(P(c2ccccc2)c2ccccc2)cc1. The molecule has 35 heavy (non-hydrogen) atoms. The maximum atomic E-state index is 4.46. The molecule has 0 aliphatic carbocycles.